The van der Waals surface area contributed by atoms with Gasteiger partial charge in [0.15, 0.2) is 0 Å². The first-order valence-corrected chi connectivity index (χ1v) is 11.0. The summed E-state index contributed by atoms with van der Waals surface area (Å²) in [6, 6.07) is 13.6. The van der Waals surface area contributed by atoms with Crippen LogP contribution in [0.4, 0.5) is 0 Å². The lowest BCUT2D eigenvalue weighted by Crippen LogP contribution is -2.23. The van der Waals surface area contributed by atoms with Crippen LogP contribution in [-0.4, -0.2) is 51.9 Å². The van der Waals surface area contributed by atoms with E-state index in [0.29, 0.717) is 19.0 Å². The molecule has 0 aliphatic carbocycles. The van der Waals surface area contributed by atoms with Crippen molar-refractivity contribution in [3.63, 3.8) is 0 Å². The number of hydrogen-bond acceptors (Lipinski definition) is 8. The van der Waals surface area contributed by atoms with Crippen molar-refractivity contribution in [3.8, 4) is 6.01 Å². The second-order valence-corrected chi connectivity index (χ2v) is 8.44. The minimum Gasteiger partial charge on any atom is -0.459 e. The van der Waals surface area contributed by atoms with Gasteiger partial charge >= 0.3 is 6.01 Å². The number of amides is 1. The van der Waals surface area contributed by atoms with E-state index in [-0.39, 0.29) is 11.9 Å². The van der Waals surface area contributed by atoms with Gasteiger partial charge in [0.25, 0.3) is 0 Å². The molecule has 0 saturated carbocycles. The van der Waals surface area contributed by atoms with E-state index < -0.39 is 0 Å². The monoisotopic (exact) mass is 448 g/mol. The molecule has 1 N–H and O–H groups in total. The van der Waals surface area contributed by atoms with Crippen LogP contribution < -0.4 is 10.1 Å². The minimum absolute atomic E-state index is 0.0715. The molecule has 0 radical (unpaired) electrons. The maximum atomic E-state index is 11.8. The largest absolute Gasteiger partial charge is 0.459 e. The summed E-state index contributed by atoms with van der Waals surface area (Å²) in [5.41, 5.74) is 3.58. The minimum atomic E-state index is -0.187. The standard InChI is InChI=1S/C23H24N6O2S/c1-24-20(22-27-18-5-4-11-25-21(18)32-22)17-10-12-26-23(28-17)31-14-16-8-6-15(7-9-16)13-19(30)29(2)3/h4-12,20,24H,13-14H2,1-3H3. The molecule has 0 spiro atoms. The van der Waals surface area contributed by atoms with Gasteiger partial charge in [-0.3, -0.25) is 4.79 Å². The first-order chi connectivity index (χ1) is 15.5. The molecular formula is C23H24N6O2S. The van der Waals surface area contributed by atoms with Crippen molar-refractivity contribution in [2.45, 2.75) is 19.1 Å². The fraction of sp³-hybridized carbons (Fsp3) is 0.261. The Balaban J connectivity index is 1.44. The fourth-order valence-corrected chi connectivity index (χ4v) is 4.16. The van der Waals surface area contributed by atoms with Gasteiger partial charge in [-0.05, 0) is 36.4 Å². The Morgan fingerprint density at radius 1 is 1.06 bits per heavy atom. The van der Waals surface area contributed by atoms with Gasteiger partial charge in [0, 0.05) is 26.5 Å². The lowest BCUT2D eigenvalue weighted by atomic mass is 10.1. The van der Waals surface area contributed by atoms with Crippen molar-refractivity contribution in [2.24, 2.45) is 0 Å². The van der Waals surface area contributed by atoms with E-state index in [1.165, 1.54) is 11.3 Å². The van der Waals surface area contributed by atoms with E-state index in [2.05, 4.69) is 25.3 Å². The van der Waals surface area contributed by atoms with Gasteiger partial charge in [-0.2, -0.15) is 4.98 Å². The van der Waals surface area contributed by atoms with Crippen molar-refractivity contribution < 1.29 is 9.53 Å². The van der Waals surface area contributed by atoms with Crippen LogP contribution in [0.3, 0.4) is 0 Å². The zero-order valence-corrected chi connectivity index (χ0v) is 19.0. The van der Waals surface area contributed by atoms with E-state index in [1.807, 2.05) is 49.5 Å². The molecule has 0 aliphatic rings. The number of fused-ring (bicyclic) bond motifs is 1. The van der Waals surface area contributed by atoms with Gasteiger partial charge in [0.2, 0.25) is 5.91 Å². The molecular weight excluding hydrogens is 424 g/mol. The molecule has 9 heteroatoms. The molecule has 0 fully saturated rings. The average Bonchev–Trinajstić information content (AvgIpc) is 3.23. The van der Waals surface area contributed by atoms with Gasteiger partial charge in [-0.25, -0.2) is 15.0 Å². The molecule has 1 unspecified atom stereocenters. The maximum absolute atomic E-state index is 11.8. The zero-order chi connectivity index (χ0) is 22.5. The summed E-state index contributed by atoms with van der Waals surface area (Å²) in [6.45, 7) is 0.334. The summed E-state index contributed by atoms with van der Waals surface area (Å²) in [7, 11) is 5.38. The summed E-state index contributed by atoms with van der Waals surface area (Å²) < 4.78 is 5.83. The van der Waals surface area contributed by atoms with Crippen LogP contribution in [0, 0.1) is 0 Å². The normalized spacial score (nSPS) is 12.0. The first kappa shape index (κ1) is 21.8. The Bertz CT molecular complexity index is 1180. The highest BCUT2D eigenvalue weighted by Gasteiger charge is 2.19. The fourth-order valence-electron chi connectivity index (χ4n) is 3.13. The van der Waals surface area contributed by atoms with Crippen LogP contribution in [0.5, 0.6) is 6.01 Å². The molecule has 8 nitrogen and oxygen atoms in total. The average molecular weight is 449 g/mol. The van der Waals surface area contributed by atoms with Gasteiger partial charge in [-0.1, -0.05) is 35.6 Å². The van der Waals surface area contributed by atoms with Crippen LogP contribution in [0.25, 0.3) is 10.3 Å². The number of aromatic nitrogens is 4. The molecule has 3 heterocycles. The van der Waals surface area contributed by atoms with E-state index in [1.54, 1.807) is 31.4 Å². The van der Waals surface area contributed by atoms with Gasteiger partial charge in [0.1, 0.15) is 28.0 Å². The van der Waals surface area contributed by atoms with Gasteiger partial charge < -0.3 is 15.0 Å². The zero-order valence-electron chi connectivity index (χ0n) is 18.1. The Kier molecular flexibility index (Phi) is 6.67. The number of carbonyl (C=O) groups is 1. The highest BCUT2D eigenvalue weighted by molar-refractivity contribution is 7.18. The number of benzene rings is 1. The molecule has 4 rings (SSSR count). The number of rotatable bonds is 8. The van der Waals surface area contributed by atoms with Gasteiger partial charge in [-0.15, -0.1) is 0 Å². The molecule has 0 saturated heterocycles. The maximum Gasteiger partial charge on any atom is 0.316 e. The Labute approximate surface area is 190 Å². The number of nitrogens with one attached hydrogen (secondary N) is 1. The van der Waals surface area contributed by atoms with Crippen molar-refractivity contribution in [1.82, 2.24) is 30.2 Å². The molecule has 1 amide bonds. The number of hydrogen-bond donors (Lipinski definition) is 1. The number of carbonyl (C=O) groups excluding carboxylic acids is 1. The topological polar surface area (TPSA) is 93.1 Å². The van der Waals surface area contributed by atoms with Crippen LogP contribution in [0.1, 0.15) is 27.9 Å². The van der Waals surface area contributed by atoms with E-state index in [0.717, 1.165) is 32.2 Å². The quantitative estimate of drug-likeness (QED) is 0.443. The summed E-state index contributed by atoms with van der Waals surface area (Å²) in [4.78, 5) is 32.2. The number of likely N-dealkylation sites (N-methyl/N-ethyl adjacent to an activating group) is 1. The number of ether oxygens (including phenoxy) is 1. The molecule has 3 aromatic heterocycles. The number of thiazole rings is 1. The van der Waals surface area contributed by atoms with Crippen molar-refractivity contribution >= 4 is 27.6 Å². The summed E-state index contributed by atoms with van der Waals surface area (Å²) >= 11 is 1.54. The van der Waals surface area contributed by atoms with Crippen LogP contribution in [-0.2, 0) is 17.8 Å². The summed E-state index contributed by atoms with van der Waals surface area (Å²) in [6.07, 6.45) is 3.83. The second-order valence-electron chi connectivity index (χ2n) is 7.44. The van der Waals surface area contributed by atoms with Crippen LogP contribution >= 0.6 is 11.3 Å². The molecule has 164 valence electrons. The Hall–Kier alpha value is -3.43. The summed E-state index contributed by atoms with van der Waals surface area (Å²) in [5, 5.41) is 4.15. The van der Waals surface area contributed by atoms with E-state index >= 15 is 0 Å². The number of nitrogens with zero attached hydrogens (tertiary/aromatic N) is 5. The van der Waals surface area contributed by atoms with E-state index in [9.17, 15) is 4.79 Å². The molecule has 0 aliphatic heterocycles. The van der Waals surface area contributed by atoms with Crippen LogP contribution in [0.2, 0.25) is 0 Å². The summed E-state index contributed by atoms with van der Waals surface area (Å²) in [5.74, 6) is 0.0715. The van der Waals surface area contributed by atoms with Crippen molar-refractivity contribution in [3.05, 3.63) is 76.7 Å². The highest BCUT2D eigenvalue weighted by Crippen LogP contribution is 2.28. The van der Waals surface area contributed by atoms with Crippen molar-refractivity contribution in [2.75, 3.05) is 21.1 Å². The SMILES string of the molecule is CNC(c1ccnc(OCc2ccc(CC(=O)N(C)C)cc2)n1)c1nc2cccnc2s1. The Morgan fingerprint density at radius 2 is 1.84 bits per heavy atom. The Morgan fingerprint density at radius 3 is 2.56 bits per heavy atom. The first-order valence-electron chi connectivity index (χ1n) is 10.2. The molecule has 32 heavy (non-hydrogen) atoms. The molecule has 4 aromatic rings. The molecule has 1 atom stereocenters. The third kappa shape index (κ3) is 5.06. The van der Waals surface area contributed by atoms with E-state index in [4.69, 9.17) is 4.74 Å². The predicted octanol–water partition coefficient (Wildman–Crippen LogP) is 3.00. The molecule has 1 aromatic carbocycles. The smallest absolute Gasteiger partial charge is 0.316 e. The number of pyridine rings is 1. The van der Waals surface area contributed by atoms with Crippen molar-refractivity contribution in [1.29, 1.82) is 0 Å². The van der Waals surface area contributed by atoms with Gasteiger partial charge in [0.05, 0.1) is 12.1 Å². The van der Waals surface area contributed by atoms with Crippen LogP contribution in [0.15, 0.2) is 54.9 Å². The lowest BCUT2D eigenvalue weighted by molar-refractivity contribution is -0.127. The molecule has 0 bridgehead atoms. The predicted molar refractivity (Wildman–Crippen MR) is 124 cm³/mol. The lowest BCUT2D eigenvalue weighted by Gasteiger charge is -2.13. The second kappa shape index (κ2) is 9.80. The third-order valence-corrected chi connectivity index (χ3v) is 5.96. The third-order valence-electron chi connectivity index (χ3n) is 4.91. The highest BCUT2D eigenvalue weighted by atomic mass is 32.1.